The molecule has 1 unspecified atom stereocenters. The predicted octanol–water partition coefficient (Wildman–Crippen LogP) is 2.69. The minimum absolute atomic E-state index is 0.0134. The second-order valence-electron chi connectivity index (χ2n) is 4.68. The van der Waals surface area contributed by atoms with E-state index in [0.29, 0.717) is 5.56 Å². The molecule has 1 aromatic carbocycles. The number of benzene rings is 1. The summed E-state index contributed by atoms with van der Waals surface area (Å²) in [5.74, 6) is -1.22. The van der Waals surface area contributed by atoms with Gasteiger partial charge in [0.2, 0.25) is 5.76 Å². The molecule has 0 bridgehead atoms. The molecule has 1 atom stereocenters. The highest BCUT2D eigenvalue weighted by molar-refractivity contribution is 5.90. The Labute approximate surface area is 122 Å². The van der Waals surface area contributed by atoms with Gasteiger partial charge in [0.1, 0.15) is 0 Å². The third kappa shape index (κ3) is 2.41. The molecule has 2 heterocycles. The van der Waals surface area contributed by atoms with Gasteiger partial charge in [-0.1, -0.05) is 12.1 Å². The van der Waals surface area contributed by atoms with Crippen LogP contribution in [0.2, 0.25) is 0 Å². The number of methoxy groups -OCH3 is 1. The van der Waals surface area contributed by atoms with Gasteiger partial charge in [0.15, 0.2) is 11.3 Å². The summed E-state index contributed by atoms with van der Waals surface area (Å²) in [6, 6.07) is 3.60. The van der Waals surface area contributed by atoms with Crippen LogP contribution in [0, 0.1) is 0 Å². The molecule has 1 aliphatic rings. The number of hydrogen-bond donors (Lipinski definition) is 2. The van der Waals surface area contributed by atoms with Gasteiger partial charge in [-0.2, -0.15) is 13.2 Å². The highest BCUT2D eigenvalue weighted by Gasteiger charge is 2.36. The van der Waals surface area contributed by atoms with Gasteiger partial charge in [-0.3, -0.25) is 10.2 Å². The van der Waals surface area contributed by atoms with E-state index >= 15 is 0 Å². The molecule has 3 rings (SSSR count). The van der Waals surface area contributed by atoms with E-state index in [-0.39, 0.29) is 22.6 Å². The molecule has 1 aliphatic heterocycles. The Morgan fingerprint density at radius 3 is 2.68 bits per heavy atom. The summed E-state index contributed by atoms with van der Waals surface area (Å²) in [6.45, 7) is 0. The van der Waals surface area contributed by atoms with Crippen molar-refractivity contribution >= 4 is 16.9 Å². The molecule has 1 aromatic heterocycles. The van der Waals surface area contributed by atoms with Gasteiger partial charge in [-0.15, -0.1) is 0 Å². The maximum Gasteiger partial charge on any atom is 0.449 e. The fourth-order valence-corrected chi connectivity index (χ4v) is 2.29. The van der Waals surface area contributed by atoms with Crippen LogP contribution in [0.5, 0.6) is 5.75 Å². The zero-order valence-electron chi connectivity index (χ0n) is 11.3. The van der Waals surface area contributed by atoms with Crippen molar-refractivity contribution in [2.45, 2.75) is 12.2 Å². The number of amides is 1. The minimum atomic E-state index is -4.59. The zero-order valence-corrected chi connectivity index (χ0v) is 11.3. The van der Waals surface area contributed by atoms with Gasteiger partial charge in [-0.25, -0.2) is 5.43 Å². The van der Waals surface area contributed by atoms with Crippen molar-refractivity contribution in [3.05, 3.63) is 41.7 Å². The van der Waals surface area contributed by atoms with E-state index in [0.717, 1.165) is 6.07 Å². The molecule has 5 nitrogen and oxygen atoms in total. The summed E-state index contributed by atoms with van der Waals surface area (Å²) in [5.41, 5.74) is 5.66. The normalized spacial score (nSPS) is 18.5. The van der Waals surface area contributed by atoms with E-state index in [2.05, 4.69) is 10.9 Å². The lowest BCUT2D eigenvalue weighted by Gasteiger charge is -2.20. The molecule has 0 saturated heterocycles. The maximum atomic E-state index is 12.9. The number of carbonyl (C=O) groups excluding carboxylic acids is 1. The number of fused-ring (bicyclic) bond motifs is 1. The number of hydrazine groups is 1. The average molecular weight is 312 g/mol. The van der Waals surface area contributed by atoms with E-state index in [1.54, 1.807) is 12.1 Å². The van der Waals surface area contributed by atoms with Crippen molar-refractivity contribution in [1.82, 2.24) is 10.9 Å². The molecule has 0 aliphatic carbocycles. The van der Waals surface area contributed by atoms with Crippen LogP contribution >= 0.6 is 0 Å². The average Bonchev–Trinajstić information content (AvgIpc) is 2.92. The summed E-state index contributed by atoms with van der Waals surface area (Å²) >= 11 is 0. The third-order valence-corrected chi connectivity index (χ3v) is 3.31. The van der Waals surface area contributed by atoms with Gasteiger partial charge >= 0.3 is 6.18 Å². The monoisotopic (exact) mass is 312 g/mol. The largest absolute Gasteiger partial charge is 0.493 e. The quantitative estimate of drug-likeness (QED) is 0.895. The Morgan fingerprint density at radius 1 is 1.32 bits per heavy atom. The standard InChI is InChI=1S/C14H11F3N2O3/c1-21-10-4-2-7(9-3-5-12(20)19-18-9)8-6-11(14(15,16)17)22-13(8)10/h2-6,9,18H,1H3,(H,19,20). The summed E-state index contributed by atoms with van der Waals surface area (Å²) < 4.78 is 48.6. The van der Waals surface area contributed by atoms with Crippen LogP contribution in [0.25, 0.3) is 11.0 Å². The Balaban J connectivity index is 2.17. The predicted molar refractivity (Wildman–Crippen MR) is 70.9 cm³/mol. The minimum Gasteiger partial charge on any atom is -0.493 e. The van der Waals surface area contributed by atoms with Crippen LogP contribution in [0.1, 0.15) is 17.4 Å². The molecule has 0 spiro atoms. The zero-order chi connectivity index (χ0) is 15.9. The Bertz CT molecular complexity index is 765. The number of rotatable bonds is 2. The highest BCUT2D eigenvalue weighted by Crippen LogP contribution is 2.40. The first-order valence-electron chi connectivity index (χ1n) is 6.31. The van der Waals surface area contributed by atoms with Crippen molar-refractivity contribution in [3.63, 3.8) is 0 Å². The molecule has 116 valence electrons. The van der Waals surface area contributed by atoms with Gasteiger partial charge in [-0.05, 0) is 17.7 Å². The lowest BCUT2D eigenvalue weighted by atomic mass is 10.0. The fraction of sp³-hybridized carbons (Fsp3) is 0.214. The molecule has 8 heteroatoms. The second-order valence-corrected chi connectivity index (χ2v) is 4.68. The number of hydrogen-bond acceptors (Lipinski definition) is 4. The molecule has 1 amide bonds. The second kappa shape index (κ2) is 5.06. The van der Waals surface area contributed by atoms with Crippen molar-refractivity contribution in [1.29, 1.82) is 0 Å². The van der Waals surface area contributed by atoms with Gasteiger partial charge in [0, 0.05) is 11.5 Å². The molecule has 0 radical (unpaired) electrons. The molecule has 0 fully saturated rings. The first-order chi connectivity index (χ1) is 10.4. The lowest BCUT2D eigenvalue weighted by Crippen LogP contribution is -2.41. The maximum absolute atomic E-state index is 12.9. The Hall–Kier alpha value is -2.48. The van der Waals surface area contributed by atoms with Gasteiger partial charge in [0.05, 0.1) is 13.2 Å². The molecule has 2 aromatic rings. The lowest BCUT2D eigenvalue weighted by molar-refractivity contribution is -0.152. The van der Waals surface area contributed by atoms with Gasteiger partial charge in [0.25, 0.3) is 5.91 Å². The fourth-order valence-electron chi connectivity index (χ4n) is 2.29. The van der Waals surface area contributed by atoms with Crippen LogP contribution < -0.4 is 15.6 Å². The van der Waals surface area contributed by atoms with Crippen molar-refractivity contribution in [3.8, 4) is 5.75 Å². The molecule has 0 saturated carbocycles. The summed E-state index contributed by atoms with van der Waals surface area (Å²) in [6.07, 6.45) is -1.73. The summed E-state index contributed by atoms with van der Waals surface area (Å²) in [5, 5.41) is 0.268. The number of carbonyl (C=O) groups is 1. The van der Waals surface area contributed by atoms with E-state index in [1.807, 2.05) is 0 Å². The van der Waals surface area contributed by atoms with Crippen molar-refractivity contribution in [2.75, 3.05) is 7.11 Å². The number of nitrogens with one attached hydrogen (secondary N) is 2. The van der Waals surface area contributed by atoms with Crippen molar-refractivity contribution in [2.24, 2.45) is 0 Å². The van der Waals surface area contributed by atoms with Crippen LogP contribution in [-0.4, -0.2) is 13.0 Å². The Kier molecular flexibility index (Phi) is 3.32. The van der Waals surface area contributed by atoms with Crippen molar-refractivity contribution < 1.29 is 27.1 Å². The number of alkyl halides is 3. The smallest absolute Gasteiger partial charge is 0.449 e. The van der Waals surface area contributed by atoms with E-state index in [9.17, 15) is 18.0 Å². The van der Waals surface area contributed by atoms with E-state index < -0.39 is 18.0 Å². The SMILES string of the molecule is COc1ccc(C2C=CC(=O)NN2)c2cc(C(F)(F)F)oc12. The number of halogens is 3. The van der Waals surface area contributed by atoms with E-state index in [1.165, 1.54) is 19.3 Å². The van der Waals surface area contributed by atoms with Crippen LogP contribution in [0.4, 0.5) is 13.2 Å². The van der Waals surface area contributed by atoms with Crippen LogP contribution in [-0.2, 0) is 11.0 Å². The first kappa shape index (κ1) is 14.5. The highest BCUT2D eigenvalue weighted by atomic mass is 19.4. The van der Waals surface area contributed by atoms with Gasteiger partial charge < -0.3 is 9.15 Å². The van der Waals surface area contributed by atoms with E-state index in [4.69, 9.17) is 9.15 Å². The summed E-state index contributed by atoms with van der Waals surface area (Å²) in [4.78, 5) is 11.1. The third-order valence-electron chi connectivity index (χ3n) is 3.31. The molecule has 22 heavy (non-hydrogen) atoms. The topological polar surface area (TPSA) is 63.5 Å². The molecular formula is C14H11F3N2O3. The number of ether oxygens (including phenoxy) is 1. The number of furan rings is 1. The molecule has 2 N–H and O–H groups in total. The summed E-state index contributed by atoms with van der Waals surface area (Å²) in [7, 11) is 1.35. The first-order valence-corrected chi connectivity index (χ1v) is 6.31. The molecular weight excluding hydrogens is 301 g/mol. The van der Waals surface area contributed by atoms with Crippen LogP contribution in [0.15, 0.2) is 34.8 Å². The van der Waals surface area contributed by atoms with Crippen LogP contribution in [0.3, 0.4) is 0 Å². The Morgan fingerprint density at radius 2 is 2.09 bits per heavy atom.